The molecule has 4 rings (SSSR count). The highest BCUT2D eigenvalue weighted by Gasteiger charge is 2.38. The van der Waals surface area contributed by atoms with Crippen LogP contribution >= 0.6 is 23.4 Å². The van der Waals surface area contributed by atoms with Crippen molar-refractivity contribution in [2.75, 3.05) is 44.3 Å². The van der Waals surface area contributed by atoms with Crippen LogP contribution in [0.5, 0.6) is 5.75 Å². The number of nitrogens with two attached hydrogens (primary N) is 1. The van der Waals surface area contributed by atoms with E-state index in [9.17, 15) is 0 Å². The molecule has 8 nitrogen and oxygen atoms in total. The summed E-state index contributed by atoms with van der Waals surface area (Å²) in [5, 5.41) is 0.859. The zero-order valence-electron chi connectivity index (χ0n) is 14.8. The molecule has 0 saturated carbocycles. The summed E-state index contributed by atoms with van der Waals surface area (Å²) in [5.74, 6) is 2.33. The van der Waals surface area contributed by atoms with Crippen LogP contribution in [0.4, 0.5) is 11.6 Å². The number of anilines is 2. The van der Waals surface area contributed by atoms with Crippen molar-refractivity contribution in [3.05, 3.63) is 23.6 Å². The van der Waals surface area contributed by atoms with Crippen molar-refractivity contribution in [2.45, 2.75) is 22.4 Å². The molecule has 1 fully saturated rings. The molecule has 10 heteroatoms. The Hall–Kier alpha value is -1.81. The van der Waals surface area contributed by atoms with Crippen LogP contribution in [0.3, 0.4) is 0 Å². The Morgan fingerprint density at radius 3 is 3.15 bits per heavy atom. The van der Waals surface area contributed by atoms with Crippen LogP contribution in [0.25, 0.3) is 0 Å². The second-order valence-electron chi connectivity index (χ2n) is 6.44. The molecule has 144 valence electrons. The van der Waals surface area contributed by atoms with Crippen LogP contribution in [-0.2, 0) is 9.47 Å². The molecule has 0 aromatic carbocycles. The number of hydrogen-bond donors (Lipinski definition) is 1. The summed E-state index contributed by atoms with van der Waals surface area (Å²) in [4.78, 5) is 16.1. The highest BCUT2D eigenvalue weighted by atomic mass is 35.5. The molecular weight excluding hydrogens is 390 g/mol. The third-order valence-electron chi connectivity index (χ3n) is 4.54. The van der Waals surface area contributed by atoms with Crippen molar-refractivity contribution in [2.24, 2.45) is 5.92 Å². The van der Waals surface area contributed by atoms with Crippen LogP contribution in [0.2, 0.25) is 5.15 Å². The average molecular weight is 410 g/mol. The Morgan fingerprint density at radius 1 is 1.44 bits per heavy atom. The van der Waals surface area contributed by atoms with Gasteiger partial charge in [0.2, 0.25) is 0 Å². The molecule has 0 bridgehead atoms. The second-order valence-corrected chi connectivity index (χ2v) is 7.86. The smallest absolute Gasteiger partial charge is 0.175 e. The van der Waals surface area contributed by atoms with E-state index in [1.165, 1.54) is 18.0 Å². The van der Waals surface area contributed by atoms with Gasteiger partial charge in [-0.3, -0.25) is 0 Å². The molecule has 27 heavy (non-hydrogen) atoms. The number of fused-ring (bicyclic) bond motifs is 3. The van der Waals surface area contributed by atoms with Gasteiger partial charge in [-0.1, -0.05) is 23.4 Å². The number of ether oxygens (including phenoxy) is 3. The van der Waals surface area contributed by atoms with Gasteiger partial charge in [0.05, 0.1) is 23.7 Å². The van der Waals surface area contributed by atoms with Crippen LogP contribution in [0, 0.1) is 5.92 Å². The Labute approximate surface area is 166 Å². The molecule has 0 spiro atoms. The summed E-state index contributed by atoms with van der Waals surface area (Å²) in [6.45, 7) is 2.49. The molecule has 0 aliphatic carbocycles. The fourth-order valence-corrected chi connectivity index (χ4v) is 4.40. The van der Waals surface area contributed by atoms with E-state index in [0.29, 0.717) is 42.8 Å². The lowest BCUT2D eigenvalue weighted by atomic mass is 10.1. The van der Waals surface area contributed by atoms with Gasteiger partial charge < -0.3 is 24.8 Å². The van der Waals surface area contributed by atoms with Gasteiger partial charge in [-0.25, -0.2) is 15.0 Å². The van der Waals surface area contributed by atoms with E-state index in [-0.39, 0.29) is 5.15 Å². The predicted molar refractivity (Wildman–Crippen MR) is 102 cm³/mol. The topological polar surface area (TPSA) is 95.6 Å². The summed E-state index contributed by atoms with van der Waals surface area (Å²) in [6, 6.07) is 2.20. The maximum absolute atomic E-state index is 6.07. The minimum atomic E-state index is 0.270. The Balaban J connectivity index is 1.54. The monoisotopic (exact) mass is 409 g/mol. The molecule has 2 atom stereocenters. The van der Waals surface area contributed by atoms with Crippen molar-refractivity contribution < 1.29 is 14.2 Å². The lowest BCUT2D eigenvalue weighted by molar-refractivity contribution is -0.0414. The third-order valence-corrected chi connectivity index (χ3v) is 5.77. The number of methoxy groups -OCH3 is 1. The van der Waals surface area contributed by atoms with Gasteiger partial charge in [-0.05, 0) is 12.5 Å². The fraction of sp³-hybridized carbons (Fsp3) is 0.471. The summed E-state index contributed by atoms with van der Waals surface area (Å²) < 4.78 is 16.6. The summed E-state index contributed by atoms with van der Waals surface area (Å²) in [6.07, 6.45) is 4.27. The van der Waals surface area contributed by atoms with E-state index in [4.69, 9.17) is 31.5 Å². The van der Waals surface area contributed by atoms with Crippen molar-refractivity contribution in [3.63, 3.8) is 0 Å². The van der Waals surface area contributed by atoms with Crippen molar-refractivity contribution in [1.82, 2.24) is 15.0 Å². The van der Waals surface area contributed by atoms with Gasteiger partial charge in [0, 0.05) is 25.8 Å². The molecule has 0 amide bonds. The van der Waals surface area contributed by atoms with Crippen LogP contribution in [0.1, 0.15) is 6.42 Å². The van der Waals surface area contributed by atoms with Gasteiger partial charge in [-0.2, -0.15) is 0 Å². The molecule has 2 aromatic heterocycles. The van der Waals surface area contributed by atoms with Gasteiger partial charge >= 0.3 is 0 Å². The third kappa shape index (κ3) is 3.91. The van der Waals surface area contributed by atoms with Gasteiger partial charge in [0.1, 0.15) is 23.6 Å². The van der Waals surface area contributed by atoms with Crippen LogP contribution in [-0.4, -0.2) is 54.7 Å². The summed E-state index contributed by atoms with van der Waals surface area (Å²) >= 11 is 7.23. The number of rotatable bonds is 6. The van der Waals surface area contributed by atoms with Crippen LogP contribution in [0.15, 0.2) is 28.4 Å². The Bertz CT molecular complexity index is 827. The summed E-state index contributed by atoms with van der Waals surface area (Å²) in [7, 11) is 1.63. The number of hydrogen-bond acceptors (Lipinski definition) is 9. The molecule has 2 aromatic rings. The van der Waals surface area contributed by atoms with Crippen molar-refractivity contribution >= 4 is 35.0 Å². The maximum Gasteiger partial charge on any atom is 0.175 e. The zero-order chi connectivity index (χ0) is 18.8. The first-order chi connectivity index (χ1) is 13.2. The molecule has 4 heterocycles. The van der Waals surface area contributed by atoms with Gasteiger partial charge in [0.25, 0.3) is 0 Å². The molecule has 2 aliphatic heterocycles. The van der Waals surface area contributed by atoms with E-state index < -0.39 is 0 Å². The fourth-order valence-electron chi connectivity index (χ4n) is 3.42. The van der Waals surface area contributed by atoms with Crippen molar-refractivity contribution in [1.29, 1.82) is 0 Å². The largest absolute Gasteiger partial charge is 0.486 e. The van der Waals surface area contributed by atoms with E-state index in [0.717, 1.165) is 29.4 Å². The number of pyridine rings is 1. The standard InChI is InChI=1S/C17H20ClN5O3S/c1-24-9-25-7-10-4-11-8-26-14-12(2-3-20-16(14)23(11)6-10)27-17-15(19)22-13(18)5-21-17/h2-3,5,10-11H,4,6-9H2,1H3,(H2,19,22)/t10-,11-/m0/s1. The average Bonchev–Trinajstić information content (AvgIpc) is 3.08. The Kier molecular flexibility index (Phi) is 5.53. The van der Waals surface area contributed by atoms with Crippen molar-refractivity contribution in [3.8, 4) is 5.75 Å². The molecule has 0 radical (unpaired) electrons. The van der Waals surface area contributed by atoms with E-state index in [1.54, 1.807) is 13.3 Å². The maximum atomic E-state index is 6.07. The quantitative estimate of drug-likeness (QED) is 0.570. The first-order valence-electron chi connectivity index (χ1n) is 8.56. The predicted octanol–water partition coefficient (Wildman–Crippen LogP) is 2.47. The van der Waals surface area contributed by atoms with Crippen LogP contribution < -0.4 is 15.4 Å². The highest BCUT2D eigenvalue weighted by Crippen LogP contribution is 2.45. The number of halogens is 1. The normalized spacial score (nSPS) is 20.9. The lowest BCUT2D eigenvalue weighted by Gasteiger charge is -2.33. The highest BCUT2D eigenvalue weighted by molar-refractivity contribution is 7.99. The molecule has 2 N–H and O–H groups in total. The SMILES string of the molecule is COCOC[C@H]1C[C@H]2COc3c(Sc4ncc(Cl)nc4N)ccnc3N2C1. The number of nitrogen functional groups attached to an aromatic ring is 1. The van der Waals surface area contributed by atoms with E-state index in [1.807, 2.05) is 6.07 Å². The second kappa shape index (κ2) is 8.05. The van der Waals surface area contributed by atoms with E-state index in [2.05, 4.69) is 19.9 Å². The number of aromatic nitrogens is 3. The first kappa shape index (κ1) is 18.5. The summed E-state index contributed by atoms with van der Waals surface area (Å²) in [5.41, 5.74) is 5.94. The zero-order valence-corrected chi connectivity index (χ0v) is 16.4. The molecular formula is C17H20ClN5O3S. The lowest BCUT2D eigenvalue weighted by Crippen LogP contribution is -2.39. The Morgan fingerprint density at radius 2 is 2.33 bits per heavy atom. The number of nitrogens with zero attached hydrogens (tertiary/aromatic N) is 4. The van der Waals surface area contributed by atoms with E-state index >= 15 is 0 Å². The first-order valence-corrected chi connectivity index (χ1v) is 9.76. The minimum absolute atomic E-state index is 0.270. The minimum Gasteiger partial charge on any atom is -0.486 e. The molecule has 0 unspecified atom stereocenters. The van der Waals surface area contributed by atoms with Gasteiger partial charge in [0.15, 0.2) is 17.4 Å². The molecule has 2 aliphatic rings. The molecule has 1 saturated heterocycles. The van der Waals surface area contributed by atoms with Gasteiger partial charge in [-0.15, -0.1) is 0 Å².